The highest BCUT2D eigenvalue weighted by atomic mass is 32.2. The van der Waals surface area contributed by atoms with Crippen LogP contribution in [0.15, 0.2) is 29.2 Å². The third kappa shape index (κ3) is 5.80. The molecule has 2 aliphatic heterocycles. The third-order valence-corrected chi connectivity index (χ3v) is 8.52. The maximum Gasteiger partial charge on any atom is 0.417 e. The summed E-state index contributed by atoms with van der Waals surface area (Å²) in [6, 6.07) is 3.85. The molecule has 0 aliphatic carbocycles. The predicted molar refractivity (Wildman–Crippen MR) is 111 cm³/mol. The zero-order valence-electron chi connectivity index (χ0n) is 17.5. The second-order valence-electron chi connectivity index (χ2n) is 8.16. The highest BCUT2D eigenvalue weighted by Gasteiger charge is 2.40. The fourth-order valence-electron chi connectivity index (χ4n) is 4.19. The van der Waals surface area contributed by atoms with Gasteiger partial charge in [0.25, 0.3) is 0 Å². The largest absolute Gasteiger partial charge is 0.417 e. The fraction of sp³-hybridized carbons (Fsp3) is 0.632. The van der Waals surface area contributed by atoms with Crippen molar-refractivity contribution in [1.82, 2.24) is 13.9 Å². The summed E-state index contributed by atoms with van der Waals surface area (Å²) in [6.07, 6.45) is -2.31. The first-order valence-electron chi connectivity index (χ1n) is 10.2. The number of hydrogen-bond acceptors (Lipinski definition) is 5. The van der Waals surface area contributed by atoms with Gasteiger partial charge in [0.15, 0.2) is 0 Å². The summed E-state index contributed by atoms with van der Waals surface area (Å²) in [4.78, 5) is 13.7. The van der Waals surface area contributed by atoms with Crippen LogP contribution >= 0.6 is 0 Å². The molecule has 180 valence electrons. The number of likely N-dealkylation sites (tertiary alicyclic amines) is 1. The Labute approximate surface area is 185 Å². The van der Waals surface area contributed by atoms with Crippen molar-refractivity contribution in [3.63, 3.8) is 0 Å². The molecule has 1 aromatic carbocycles. The number of hydrogen-bond donors (Lipinski definition) is 1. The molecule has 2 heterocycles. The molecule has 0 unspecified atom stereocenters. The molecule has 2 aliphatic rings. The topological polar surface area (TPSA) is 104 Å². The van der Waals surface area contributed by atoms with E-state index in [-0.39, 0.29) is 37.9 Å². The Morgan fingerprint density at radius 1 is 0.969 bits per heavy atom. The van der Waals surface area contributed by atoms with Gasteiger partial charge in [0, 0.05) is 38.1 Å². The van der Waals surface area contributed by atoms with Gasteiger partial charge in [-0.2, -0.15) is 17.5 Å². The van der Waals surface area contributed by atoms with Crippen molar-refractivity contribution >= 4 is 26.0 Å². The molecule has 2 saturated heterocycles. The summed E-state index contributed by atoms with van der Waals surface area (Å²) in [5.74, 6) is -0.547. The Morgan fingerprint density at radius 2 is 1.53 bits per heavy atom. The smallest absolute Gasteiger partial charge is 0.342 e. The molecule has 8 nitrogen and oxygen atoms in total. The van der Waals surface area contributed by atoms with Gasteiger partial charge in [-0.25, -0.2) is 21.6 Å². The Kier molecular flexibility index (Phi) is 7.23. The first kappa shape index (κ1) is 24.9. The van der Waals surface area contributed by atoms with Gasteiger partial charge in [-0.1, -0.05) is 12.1 Å². The third-order valence-electron chi connectivity index (χ3n) is 5.80. The number of alkyl halides is 3. The van der Waals surface area contributed by atoms with E-state index in [9.17, 15) is 34.8 Å². The zero-order chi connectivity index (χ0) is 23.7. The number of carbonyl (C=O) groups excluding carboxylic acids is 1. The lowest BCUT2D eigenvalue weighted by Crippen LogP contribution is -2.49. The summed E-state index contributed by atoms with van der Waals surface area (Å²) in [7, 11) is -7.67. The van der Waals surface area contributed by atoms with Gasteiger partial charge in [0.05, 0.1) is 16.7 Å². The SMILES string of the molecule is CS(=O)(=O)NC1CCN(C(=O)C2CCN(S(=O)(=O)c3ccccc3C(F)(F)F)CC2)CC1. The van der Waals surface area contributed by atoms with Crippen molar-refractivity contribution in [2.45, 2.75) is 42.8 Å². The minimum Gasteiger partial charge on any atom is -0.342 e. The molecular weight excluding hydrogens is 471 g/mol. The molecule has 3 rings (SSSR count). The van der Waals surface area contributed by atoms with Gasteiger partial charge in [0.1, 0.15) is 0 Å². The number of amides is 1. The highest BCUT2D eigenvalue weighted by Crippen LogP contribution is 2.36. The van der Waals surface area contributed by atoms with Crippen LogP contribution in [-0.2, 0) is 31.0 Å². The molecule has 1 amide bonds. The van der Waals surface area contributed by atoms with E-state index >= 15 is 0 Å². The number of halogens is 3. The van der Waals surface area contributed by atoms with Crippen molar-refractivity contribution in [3.8, 4) is 0 Å². The number of carbonyl (C=O) groups is 1. The molecule has 2 fully saturated rings. The van der Waals surface area contributed by atoms with Crippen molar-refractivity contribution in [1.29, 1.82) is 0 Å². The average Bonchev–Trinajstić information content (AvgIpc) is 2.72. The first-order valence-corrected chi connectivity index (χ1v) is 13.5. The summed E-state index contributed by atoms with van der Waals surface area (Å²) in [6.45, 7) is 0.695. The van der Waals surface area contributed by atoms with E-state index in [1.54, 1.807) is 4.90 Å². The lowest BCUT2D eigenvalue weighted by molar-refractivity contribution is -0.140. The van der Waals surface area contributed by atoms with Crippen LogP contribution in [0.3, 0.4) is 0 Å². The Hall–Kier alpha value is -1.70. The van der Waals surface area contributed by atoms with Crippen LogP contribution < -0.4 is 4.72 Å². The zero-order valence-corrected chi connectivity index (χ0v) is 19.1. The van der Waals surface area contributed by atoms with Crippen molar-refractivity contribution in [2.24, 2.45) is 5.92 Å². The van der Waals surface area contributed by atoms with Crippen LogP contribution in [-0.4, -0.2) is 70.4 Å². The standard InChI is InChI=1S/C19H26F3N3O5S2/c1-31(27,28)23-15-8-10-24(11-9-15)18(26)14-6-12-25(13-7-14)32(29,30)17-5-3-2-4-16(17)19(20,21)22/h2-5,14-15,23H,6-13H2,1H3. The molecule has 0 radical (unpaired) electrons. The van der Waals surface area contributed by atoms with E-state index < -0.39 is 42.6 Å². The molecule has 0 aromatic heterocycles. The molecule has 32 heavy (non-hydrogen) atoms. The van der Waals surface area contributed by atoms with Gasteiger partial charge in [-0.15, -0.1) is 0 Å². The molecule has 0 saturated carbocycles. The van der Waals surface area contributed by atoms with E-state index in [0.29, 0.717) is 25.9 Å². The summed E-state index contributed by atoms with van der Waals surface area (Å²) in [5, 5.41) is 0. The lowest BCUT2D eigenvalue weighted by Gasteiger charge is -2.37. The molecule has 0 bridgehead atoms. The molecule has 13 heteroatoms. The number of sulfonamides is 2. The van der Waals surface area contributed by atoms with Crippen LogP contribution in [0.25, 0.3) is 0 Å². The number of piperidine rings is 2. The van der Waals surface area contributed by atoms with E-state index in [0.717, 1.165) is 28.8 Å². The quantitative estimate of drug-likeness (QED) is 0.666. The van der Waals surface area contributed by atoms with E-state index in [2.05, 4.69) is 4.72 Å². The van der Waals surface area contributed by atoms with E-state index in [1.807, 2.05) is 0 Å². The van der Waals surface area contributed by atoms with E-state index in [1.165, 1.54) is 6.07 Å². The molecule has 1 aromatic rings. The van der Waals surface area contributed by atoms with Crippen LogP contribution in [0.5, 0.6) is 0 Å². The van der Waals surface area contributed by atoms with Gasteiger partial charge in [0.2, 0.25) is 26.0 Å². The fourth-order valence-corrected chi connectivity index (χ4v) is 6.71. The van der Waals surface area contributed by atoms with Gasteiger partial charge in [-0.05, 0) is 37.8 Å². The number of rotatable bonds is 5. The number of nitrogens with zero attached hydrogens (tertiary/aromatic N) is 2. The second-order valence-corrected chi connectivity index (χ2v) is 11.8. The minimum atomic E-state index is -4.80. The van der Waals surface area contributed by atoms with Crippen molar-refractivity contribution in [3.05, 3.63) is 29.8 Å². The van der Waals surface area contributed by atoms with Crippen LogP contribution in [0.1, 0.15) is 31.2 Å². The Bertz CT molecular complexity index is 1040. The summed E-state index contributed by atoms with van der Waals surface area (Å²) >= 11 is 0. The maximum absolute atomic E-state index is 13.3. The summed E-state index contributed by atoms with van der Waals surface area (Å²) < 4.78 is 91.7. The minimum absolute atomic E-state index is 0.0446. The molecule has 0 atom stereocenters. The first-order chi connectivity index (χ1) is 14.8. The van der Waals surface area contributed by atoms with Crippen molar-refractivity contribution in [2.75, 3.05) is 32.4 Å². The maximum atomic E-state index is 13.3. The van der Waals surface area contributed by atoms with Crippen molar-refractivity contribution < 1.29 is 34.8 Å². The Balaban J connectivity index is 1.60. The van der Waals surface area contributed by atoms with Gasteiger partial charge < -0.3 is 4.90 Å². The van der Waals surface area contributed by atoms with Gasteiger partial charge in [-0.3, -0.25) is 4.79 Å². The summed E-state index contributed by atoms with van der Waals surface area (Å²) in [5.41, 5.74) is -1.20. The molecule has 1 N–H and O–H groups in total. The molecule has 0 spiro atoms. The molecular formula is C19H26F3N3O5S2. The average molecular weight is 498 g/mol. The monoisotopic (exact) mass is 497 g/mol. The highest BCUT2D eigenvalue weighted by molar-refractivity contribution is 7.89. The second kappa shape index (κ2) is 9.27. The number of benzene rings is 1. The number of nitrogens with one attached hydrogen (secondary N) is 1. The normalized spacial score (nSPS) is 20.4. The lowest BCUT2D eigenvalue weighted by atomic mass is 9.95. The van der Waals surface area contributed by atoms with E-state index in [4.69, 9.17) is 0 Å². The predicted octanol–water partition coefficient (Wildman–Crippen LogP) is 1.65. The van der Waals surface area contributed by atoms with Crippen LogP contribution in [0, 0.1) is 5.92 Å². The van der Waals surface area contributed by atoms with Crippen LogP contribution in [0.2, 0.25) is 0 Å². The van der Waals surface area contributed by atoms with Gasteiger partial charge >= 0.3 is 6.18 Å². The Morgan fingerprint density at radius 3 is 2.06 bits per heavy atom. The van der Waals surface area contributed by atoms with Crippen LogP contribution in [0.4, 0.5) is 13.2 Å².